The van der Waals surface area contributed by atoms with Crippen LogP contribution >= 0.6 is 11.3 Å². The maximum Gasteiger partial charge on any atom is 0.119 e. The van der Waals surface area contributed by atoms with Crippen LogP contribution in [0.1, 0.15) is 0 Å². The fourth-order valence-electron chi connectivity index (χ4n) is 2.99. The summed E-state index contributed by atoms with van der Waals surface area (Å²) in [6.45, 7) is 0. The zero-order chi connectivity index (χ0) is 17.1. The Morgan fingerprint density at radius 2 is 1.36 bits per heavy atom. The normalized spacial score (nSPS) is 10.6. The summed E-state index contributed by atoms with van der Waals surface area (Å²) in [5.74, 6) is 0.881. The minimum Gasteiger partial charge on any atom is -0.497 e. The second-order valence-corrected chi connectivity index (χ2v) is 6.75. The molecule has 0 N–H and O–H groups in total. The fraction of sp³-hybridized carbons (Fsp3) is 0.0435. The van der Waals surface area contributed by atoms with Crippen molar-refractivity contribution in [2.24, 2.45) is 0 Å². The highest BCUT2D eigenvalue weighted by molar-refractivity contribution is 7.14. The van der Waals surface area contributed by atoms with Crippen molar-refractivity contribution >= 4 is 11.3 Å². The number of thiophene rings is 1. The van der Waals surface area contributed by atoms with Crippen LogP contribution in [0.15, 0.2) is 90.3 Å². The van der Waals surface area contributed by atoms with E-state index in [1.165, 1.54) is 32.7 Å². The molecule has 2 heteroatoms. The third-order valence-corrected chi connectivity index (χ3v) is 5.26. The third kappa shape index (κ3) is 3.21. The lowest BCUT2D eigenvalue weighted by Gasteiger charge is -2.08. The lowest BCUT2D eigenvalue weighted by atomic mass is 10.00. The molecule has 0 spiro atoms. The van der Waals surface area contributed by atoms with E-state index in [-0.39, 0.29) is 0 Å². The van der Waals surface area contributed by atoms with E-state index in [0.717, 1.165) is 5.75 Å². The summed E-state index contributed by atoms with van der Waals surface area (Å²) in [5.41, 5.74) is 6.16. The summed E-state index contributed by atoms with van der Waals surface area (Å²) in [6, 6.07) is 29.7. The van der Waals surface area contributed by atoms with Gasteiger partial charge < -0.3 is 4.74 Å². The molecule has 1 heterocycles. The molecule has 25 heavy (non-hydrogen) atoms. The number of rotatable bonds is 4. The van der Waals surface area contributed by atoms with Crippen molar-refractivity contribution in [3.63, 3.8) is 0 Å². The smallest absolute Gasteiger partial charge is 0.119 e. The Balaban J connectivity index is 1.69. The van der Waals surface area contributed by atoms with Gasteiger partial charge in [0.25, 0.3) is 0 Å². The van der Waals surface area contributed by atoms with Gasteiger partial charge in [0.1, 0.15) is 5.75 Å². The lowest BCUT2D eigenvalue weighted by molar-refractivity contribution is 0.415. The first-order valence-electron chi connectivity index (χ1n) is 8.23. The van der Waals surface area contributed by atoms with Crippen molar-refractivity contribution in [3.8, 4) is 38.4 Å². The largest absolute Gasteiger partial charge is 0.497 e. The van der Waals surface area contributed by atoms with Crippen LogP contribution in [0.3, 0.4) is 0 Å². The van der Waals surface area contributed by atoms with Crippen LogP contribution in [0.4, 0.5) is 0 Å². The molecule has 3 aromatic carbocycles. The molecule has 0 amide bonds. The van der Waals surface area contributed by atoms with E-state index in [0.29, 0.717) is 0 Å². The highest BCUT2D eigenvalue weighted by Crippen LogP contribution is 2.37. The molecular formula is C23H18OS. The Kier molecular flexibility index (Phi) is 4.36. The second kappa shape index (κ2) is 6.96. The molecule has 1 aromatic heterocycles. The number of ether oxygens (including phenoxy) is 1. The number of methoxy groups -OCH3 is 1. The van der Waals surface area contributed by atoms with E-state index in [2.05, 4.69) is 78.2 Å². The number of hydrogen-bond donors (Lipinski definition) is 0. The van der Waals surface area contributed by atoms with Gasteiger partial charge in [-0.2, -0.15) is 0 Å². The average Bonchev–Trinajstić information content (AvgIpc) is 3.19. The summed E-state index contributed by atoms with van der Waals surface area (Å²) < 4.78 is 5.33. The molecule has 0 unspecified atom stereocenters. The van der Waals surface area contributed by atoms with Gasteiger partial charge in [-0.1, -0.05) is 66.7 Å². The van der Waals surface area contributed by atoms with Gasteiger partial charge in [0.15, 0.2) is 0 Å². The molecule has 0 aliphatic carbocycles. The van der Waals surface area contributed by atoms with Crippen molar-refractivity contribution in [1.29, 1.82) is 0 Å². The number of hydrogen-bond acceptors (Lipinski definition) is 2. The standard InChI is InChI=1S/C23H18OS/c1-24-21-9-5-8-20(16-21)17-10-12-19(13-11-17)23-22(14-15-25-23)18-6-3-2-4-7-18/h2-16H,1H3. The number of benzene rings is 3. The quantitative estimate of drug-likeness (QED) is 0.398. The third-order valence-electron chi connectivity index (χ3n) is 4.30. The van der Waals surface area contributed by atoms with Crippen molar-refractivity contribution in [3.05, 3.63) is 90.3 Å². The molecule has 0 aliphatic heterocycles. The Morgan fingerprint density at radius 3 is 2.12 bits per heavy atom. The van der Waals surface area contributed by atoms with Gasteiger partial charge in [0, 0.05) is 10.4 Å². The van der Waals surface area contributed by atoms with Crippen LogP contribution < -0.4 is 4.74 Å². The second-order valence-electron chi connectivity index (χ2n) is 5.84. The summed E-state index contributed by atoms with van der Waals surface area (Å²) in [7, 11) is 1.70. The summed E-state index contributed by atoms with van der Waals surface area (Å²) in [4.78, 5) is 1.31. The van der Waals surface area contributed by atoms with Gasteiger partial charge in [0.2, 0.25) is 0 Å². The minimum absolute atomic E-state index is 0.881. The van der Waals surface area contributed by atoms with Gasteiger partial charge in [0.05, 0.1) is 7.11 Å². The van der Waals surface area contributed by atoms with E-state index >= 15 is 0 Å². The van der Waals surface area contributed by atoms with Gasteiger partial charge in [-0.3, -0.25) is 0 Å². The van der Waals surface area contributed by atoms with Gasteiger partial charge >= 0.3 is 0 Å². The van der Waals surface area contributed by atoms with Crippen LogP contribution in [0, 0.1) is 0 Å². The van der Waals surface area contributed by atoms with Gasteiger partial charge in [-0.05, 0) is 45.8 Å². The first-order valence-corrected chi connectivity index (χ1v) is 9.11. The van der Waals surface area contributed by atoms with E-state index in [1.807, 2.05) is 12.1 Å². The van der Waals surface area contributed by atoms with Crippen LogP contribution in [0.5, 0.6) is 5.75 Å². The van der Waals surface area contributed by atoms with Gasteiger partial charge in [-0.25, -0.2) is 0 Å². The van der Waals surface area contributed by atoms with E-state index in [1.54, 1.807) is 18.4 Å². The molecule has 0 atom stereocenters. The van der Waals surface area contributed by atoms with Crippen molar-refractivity contribution in [1.82, 2.24) is 0 Å². The summed E-state index contributed by atoms with van der Waals surface area (Å²) in [5, 5.41) is 2.16. The molecule has 1 nitrogen and oxygen atoms in total. The van der Waals surface area contributed by atoms with E-state index in [9.17, 15) is 0 Å². The van der Waals surface area contributed by atoms with Crippen molar-refractivity contribution in [2.45, 2.75) is 0 Å². The Bertz CT molecular complexity index is 968. The topological polar surface area (TPSA) is 9.23 Å². The molecule has 4 rings (SSSR count). The van der Waals surface area contributed by atoms with E-state index < -0.39 is 0 Å². The fourth-order valence-corrected chi connectivity index (χ4v) is 3.92. The highest BCUT2D eigenvalue weighted by atomic mass is 32.1. The molecular weight excluding hydrogens is 324 g/mol. The predicted octanol–water partition coefficient (Wildman–Crippen LogP) is 6.76. The first kappa shape index (κ1) is 15.7. The van der Waals surface area contributed by atoms with Crippen LogP contribution in [-0.2, 0) is 0 Å². The molecule has 0 saturated carbocycles. The zero-order valence-electron chi connectivity index (χ0n) is 14.0. The SMILES string of the molecule is COc1cccc(-c2ccc(-c3sccc3-c3ccccc3)cc2)c1. The molecule has 0 fully saturated rings. The lowest BCUT2D eigenvalue weighted by Crippen LogP contribution is -1.84. The predicted molar refractivity (Wildman–Crippen MR) is 107 cm³/mol. The Hall–Kier alpha value is -2.84. The minimum atomic E-state index is 0.881. The van der Waals surface area contributed by atoms with Crippen LogP contribution in [0.2, 0.25) is 0 Å². The Labute approximate surface area is 152 Å². The van der Waals surface area contributed by atoms with E-state index in [4.69, 9.17) is 4.74 Å². The summed E-state index contributed by atoms with van der Waals surface area (Å²) >= 11 is 1.79. The Morgan fingerprint density at radius 1 is 0.640 bits per heavy atom. The van der Waals surface area contributed by atoms with Crippen LogP contribution in [0.25, 0.3) is 32.7 Å². The van der Waals surface area contributed by atoms with Crippen molar-refractivity contribution < 1.29 is 4.74 Å². The van der Waals surface area contributed by atoms with Crippen molar-refractivity contribution in [2.75, 3.05) is 7.11 Å². The average molecular weight is 342 g/mol. The summed E-state index contributed by atoms with van der Waals surface area (Å²) in [6.07, 6.45) is 0. The monoisotopic (exact) mass is 342 g/mol. The molecule has 0 aliphatic rings. The van der Waals surface area contributed by atoms with Gasteiger partial charge in [-0.15, -0.1) is 11.3 Å². The highest BCUT2D eigenvalue weighted by Gasteiger charge is 2.09. The molecule has 4 aromatic rings. The maximum atomic E-state index is 5.33. The molecule has 0 saturated heterocycles. The zero-order valence-corrected chi connectivity index (χ0v) is 14.8. The molecule has 0 bridgehead atoms. The molecule has 122 valence electrons. The molecule has 0 radical (unpaired) electrons. The maximum absolute atomic E-state index is 5.33. The van der Waals surface area contributed by atoms with Crippen LogP contribution in [-0.4, -0.2) is 7.11 Å². The first-order chi connectivity index (χ1) is 12.3.